The molecule has 2 rings (SSSR count). The van der Waals surface area contributed by atoms with Gasteiger partial charge in [-0.3, -0.25) is 0 Å². The van der Waals surface area contributed by atoms with Gasteiger partial charge in [0, 0.05) is 18.7 Å². The van der Waals surface area contributed by atoms with Gasteiger partial charge in [0.15, 0.2) is 0 Å². The molecule has 1 unspecified atom stereocenters. The molecular formula is C11H14FIN2. The molecule has 2 nitrogen and oxygen atoms in total. The number of halogens is 2. The van der Waals surface area contributed by atoms with Gasteiger partial charge in [0.2, 0.25) is 0 Å². The lowest BCUT2D eigenvalue weighted by molar-refractivity contribution is 0.616. The van der Waals surface area contributed by atoms with Crippen LogP contribution in [0.4, 0.5) is 15.8 Å². The first-order valence-corrected chi connectivity index (χ1v) is 6.28. The maximum Gasteiger partial charge on any atom is 0.138 e. The van der Waals surface area contributed by atoms with Crippen LogP contribution in [-0.4, -0.2) is 12.6 Å². The minimum Gasteiger partial charge on any atom is -0.381 e. The zero-order chi connectivity index (χ0) is 10.8. The Morgan fingerprint density at radius 3 is 3.00 bits per heavy atom. The summed E-state index contributed by atoms with van der Waals surface area (Å²) in [6.07, 6.45) is 2.25. The average Bonchev–Trinajstić information content (AvgIpc) is 2.21. The van der Waals surface area contributed by atoms with Crippen molar-refractivity contribution in [1.29, 1.82) is 0 Å². The summed E-state index contributed by atoms with van der Waals surface area (Å²) in [6.45, 7) is 3.08. The van der Waals surface area contributed by atoms with Crippen molar-refractivity contribution in [2.24, 2.45) is 0 Å². The van der Waals surface area contributed by atoms with Crippen LogP contribution in [0, 0.1) is 9.39 Å². The van der Waals surface area contributed by atoms with Crippen molar-refractivity contribution in [1.82, 2.24) is 0 Å². The SMILES string of the molecule is CCCC1CNc2cc(I)c(F)cc2N1. The van der Waals surface area contributed by atoms with E-state index in [-0.39, 0.29) is 5.82 Å². The predicted molar refractivity (Wildman–Crippen MR) is 69.9 cm³/mol. The molecule has 2 N–H and O–H groups in total. The van der Waals surface area contributed by atoms with Crippen LogP contribution in [0.1, 0.15) is 19.8 Å². The fourth-order valence-corrected chi connectivity index (χ4v) is 2.31. The van der Waals surface area contributed by atoms with Crippen LogP contribution in [0.2, 0.25) is 0 Å². The number of fused-ring (bicyclic) bond motifs is 1. The van der Waals surface area contributed by atoms with Crippen molar-refractivity contribution in [2.45, 2.75) is 25.8 Å². The second kappa shape index (κ2) is 4.55. The van der Waals surface area contributed by atoms with Crippen molar-refractivity contribution in [3.63, 3.8) is 0 Å². The summed E-state index contributed by atoms with van der Waals surface area (Å²) in [6, 6.07) is 3.84. The Morgan fingerprint density at radius 2 is 2.27 bits per heavy atom. The van der Waals surface area contributed by atoms with E-state index in [2.05, 4.69) is 17.6 Å². The maximum absolute atomic E-state index is 13.3. The van der Waals surface area contributed by atoms with E-state index in [4.69, 9.17) is 0 Å². The first-order valence-electron chi connectivity index (χ1n) is 5.20. The van der Waals surface area contributed by atoms with E-state index in [9.17, 15) is 4.39 Å². The smallest absolute Gasteiger partial charge is 0.138 e. The standard InChI is InChI=1S/C11H14FIN2/c1-2-3-7-6-14-10-5-9(13)8(12)4-11(10)15-7/h4-5,7,14-15H,2-3,6H2,1H3. The van der Waals surface area contributed by atoms with E-state index in [0.717, 1.165) is 30.8 Å². The Morgan fingerprint density at radius 1 is 1.47 bits per heavy atom. The number of hydrogen-bond donors (Lipinski definition) is 2. The fraction of sp³-hybridized carbons (Fsp3) is 0.455. The Labute approximate surface area is 103 Å². The number of rotatable bonds is 2. The van der Waals surface area contributed by atoms with Gasteiger partial charge >= 0.3 is 0 Å². The van der Waals surface area contributed by atoms with Crippen LogP contribution in [0.15, 0.2) is 12.1 Å². The molecule has 15 heavy (non-hydrogen) atoms. The quantitative estimate of drug-likeness (QED) is 0.816. The van der Waals surface area contributed by atoms with E-state index in [1.54, 1.807) is 6.07 Å². The molecule has 0 radical (unpaired) electrons. The summed E-state index contributed by atoms with van der Waals surface area (Å²) in [4.78, 5) is 0. The number of anilines is 2. The summed E-state index contributed by atoms with van der Waals surface area (Å²) in [5.74, 6) is -0.152. The Balaban J connectivity index is 2.22. The zero-order valence-corrected chi connectivity index (χ0v) is 10.8. The largest absolute Gasteiger partial charge is 0.381 e. The molecule has 1 aliphatic heterocycles. The first kappa shape index (κ1) is 11.0. The molecule has 0 spiro atoms. The molecule has 0 saturated heterocycles. The molecule has 1 aliphatic rings. The van der Waals surface area contributed by atoms with Gasteiger partial charge in [-0.15, -0.1) is 0 Å². The second-order valence-corrected chi connectivity index (χ2v) is 4.98. The third-order valence-electron chi connectivity index (χ3n) is 2.60. The van der Waals surface area contributed by atoms with E-state index in [0.29, 0.717) is 9.61 Å². The van der Waals surface area contributed by atoms with Crippen molar-refractivity contribution >= 4 is 34.0 Å². The highest BCUT2D eigenvalue weighted by atomic mass is 127. The Bertz CT molecular complexity index is 368. The maximum atomic E-state index is 13.3. The molecule has 0 aliphatic carbocycles. The molecule has 1 aromatic carbocycles. The van der Waals surface area contributed by atoms with Crippen molar-refractivity contribution < 1.29 is 4.39 Å². The van der Waals surface area contributed by atoms with Gasteiger partial charge < -0.3 is 10.6 Å². The lowest BCUT2D eigenvalue weighted by Gasteiger charge is -2.28. The molecule has 82 valence electrons. The molecular weight excluding hydrogens is 306 g/mol. The second-order valence-electron chi connectivity index (χ2n) is 3.82. The normalized spacial score (nSPS) is 19.0. The van der Waals surface area contributed by atoms with Gasteiger partial charge in [0.1, 0.15) is 5.82 Å². The highest BCUT2D eigenvalue weighted by Gasteiger charge is 2.17. The zero-order valence-electron chi connectivity index (χ0n) is 8.61. The van der Waals surface area contributed by atoms with Crippen LogP contribution in [0.25, 0.3) is 0 Å². The van der Waals surface area contributed by atoms with Crippen LogP contribution in [-0.2, 0) is 0 Å². The van der Waals surface area contributed by atoms with Crippen molar-refractivity contribution in [3.05, 3.63) is 21.5 Å². The number of benzene rings is 1. The molecule has 0 amide bonds. The predicted octanol–water partition coefficient (Wildman–Crippen LogP) is 3.44. The fourth-order valence-electron chi connectivity index (χ4n) is 1.84. The summed E-state index contributed by atoms with van der Waals surface area (Å²) < 4.78 is 14.0. The molecule has 0 aromatic heterocycles. The molecule has 4 heteroatoms. The van der Waals surface area contributed by atoms with Gasteiger partial charge in [-0.2, -0.15) is 0 Å². The lowest BCUT2D eigenvalue weighted by atomic mass is 10.1. The Hall–Kier alpha value is -0.520. The highest BCUT2D eigenvalue weighted by Crippen LogP contribution is 2.30. The van der Waals surface area contributed by atoms with Gasteiger partial charge in [-0.25, -0.2) is 4.39 Å². The van der Waals surface area contributed by atoms with Gasteiger partial charge in [-0.1, -0.05) is 13.3 Å². The summed E-state index contributed by atoms with van der Waals surface area (Å²) in [7, 11) is 0. The van der Waals surface area contributed by atoms with Crippen LogP contribution in [0.3, 0.4) is 0 Å². The molecule has 1 aromatic rings. The highest BCUT2D eigenvalue weighted by molar-refractivity contribution is 14.1. The minimum absolute atomic E-state index is 0.152. The van der Waals surface area contributed by atoms with E-state index in [1.807, 2.05) is 28.7 Å². The lowest BCUT2D eigenvalue weighted by Crippen LogP contribution is -2.32. The number of nitrogens with one attached hydrogen (secondary N) is 2. The van der Waals surface area contributed by atoms with Crippen molar-refractivity contribution in [2.75, 3.05) is 17.2 Å². The minimum atomic E-state index is -0.152. The first-order chi connectivity index (χ1) is 7.20. The summed E-state index contributed by atoms with van der Waals surface area (Å²) >= 11 is 2.01. The monoisotopic (exact) mass is 320 g/mol. The van der Waals surface area contributed by atoms with Crippen LogP contribution < -0.4 is 10.6 Å². The van der Waals surface area contributed by atoms with Gasteiger partial charge in [0.05, 0.1) is 14.9 Å². The van der Waals surface area contributed by atoms with Crippen LogP contribution in [0.5, 0.6) is 0 Å². The van der Waals surface area contributed by atoms with Gasteiger partial charge in [-0.05, 0) is 35.1 Å². The van der Waals surface area contributed by atoms with E-state index < -0.39 is 0 Å². The molecule has 0 fully saturated rings. The van der Waals surface area contributed by atoms with Crippen LogP contribution >= 0.6 is 22.6 Å². The van der Waals surface area contributed by atoms with E-state index in [1.165, 1.54) is 0 Å². The summed E-state index contributed by atoms with van der Waals surface area (Å²) in [5, 5.41) is 6.69. The molecule has 0 bridgehead atoms. The number of hydrogen-bond acceptors (Lipinski definition) is 2. The van der Waals surface area contributed by atoms with Crippen molar-refractivity contribution in [3.8, 4) is 0 Å². The third-order valence-corrected chi connectivity index (χ3v) is 3.42. The molecule has 1 heterocycles. The van der Waals surface area contributed by atoms with Gasteiger partial charge in [0.25, 0.3) is 0 Å². The average molecular weight is 320 g/mol. The third kappa shape index (κ3) is 2.35. The van der Waals surface area contributed by atoms with E-state index >= 15 is 0 Å². The topological polar surface area (TPSA) is 24.1 Å². The summed E-state index contributed by atoms with van der Waals surface area (Å²) in [5.41, 5.74) is 1.89. The molecule has 0 saturated carbocycles. The molecule has 1 atom stereocenters. The Kier molecular flexibility index (Phi) is 3.33.